The molecule has 3 aromatic carbocycles. The minimum atomic E-state index is 0.0287. The lowest BCUT2D eigenvalue weighted by atomic mass is 9.88. The standard InChI is InChI=1S/C32H34N4O2/c1-38-28-14-12-26(13-15-28)30-22-31(35-23-34-30)36-20-17-27(18-21-36)32(37)33-19-16-29(24-8-4-2-5-9-24)25-10-6-3-7-11-25/h2-15,22-23,27,29H,16-21H2,1H3,(H,33,37). The number of carbonyl (C=O) groups is 1. The second-order valence-corrected chi connectivity index (χ2v) is 9.70. The molecule has 1 aromatic heterocycles. The number of benzene rings is 3. The van der Waals surface area contributed by atoms with E-state index in [-0.39, 0.29) is 17.7 Å². The predicted molar refractivity (Wildman–Crippen MR) is 151 cm³/mol. The van der Waals surface area contributed by atoms with Gasteiger partial charge in [0.25, 0.3) is 0 Å². The minimum Gasteiger partial charge on any atom is -0.497 e. The molecule has 0 unspecified atom stereocenters. The monoisotopic (exact) mass is 506 g/mol. The van der Waals surface area contributed by atoms with Gasteiger partial charge >= 0.3 is 0 Å². The van der Waals surface area contributed by atoms with E-state index >= 15 is 0 Å². The van der Waals surface area contributed by atoms with Crippen molar-refractivity contribution in [2.75, 3.05) is 31.6 Å². The molecule has 0 atom stereocenters. The number of hydrogen-bond donors (Lipinski definition) is 1. The maximum Gasteiger partial charge on any atom is 0.223 e. The van der Waals surface area contributed by atoms with Crippen molar-refractivity contribution in [3.8, 4) is 17.0 Å². The van der Waals surface area contributed by atoms with Gasteiger partial charge in [-0.3, -0.25) is 4.79 Å². The van der Waals surface area contributed by atoms with Crippen molar-refractivity contribution in [1.82, 2.24) is 15.3 Å². The molecule has 6 nitrogen and oxygen atoms in total. The zero-order valence-electron chi connectivity index (χ0n) is 21.8. The lowest BCUT2D eigenvalue weighted by molar-refractivity contribution is -0.125. The average Bonchev–Trinajstić information content (AvgIpc) is 3.00. The van der Waals surface area contributed by atoms with Crippen LogP contribution in [0.3, 0.4) is 0 Å². The van der Waals surface area contributed by atoms with Gasteiger partial charge in [-0.15, -0.1) is 0 Å². The second kappa shape index (κ2) is 12.4. The smallest absolute Gasteiger partial charge is 0.223 e. The van der Waals surface area contributed by atoms with Crippen molar-refractivity contribution in [3.63, 3.8) is 0 Å². The largest absolute Gasteiger partial charge is 0.497 e. The van der Waals surface area contributed by atoms with Gasteiger partial charge in [-0.25, -0.2) is 9.97 Å². The quantitative estimate of drug-likeness (QED) is 0.315. The zero-order chi connectivity index (χ0) is 26.2. The highest BCUT2D eigenvalue weighted by molar-refractivity contribution is 5.79. The van der Waals surface area contributed by atoms with Gasteiger partial charge in [-0.1, -0.05) is 60.7 Å². The SMILES string of the molecule is COc1ccc(-c2cc(N3CCC(C(=O)NCCC(c4ccccc4)c4ccccc4)CC3)ncn2)cc1. The van der Waals surface area contributed by atoms with Crippen molar-refractivity contribution in [2.24, 2.45) is 5.92 Å². The molecule has 0 spiro atoms. The summed E-state index contributed by atoms with van der Waals surface area (Å²) in [5, 5.41) is 3.22. The number of hydrogen-bond acceptors (Lipinski definition) is 5. The van der Waals surface area contributed by atoms with Crippen LogP contribution in [0.5, 0.6) is 5.75 Å². The number of nitrogens with zero attached hydrogens (tertiary/aromatic N) is 3. The Kier molecular flexibility index (Phi) is 8.29. The topological polar surface area (TPSA) is 67.3 Å². The zero-order valence-corrected chi connectivity index (χ0v) is 21.8. The highest BCUT2D eigenvalue weighted by atomic mass is 16.5. The van der Waals surface area contributed by atoms with Gasteiger partial charge in [0.1, 0.15) is 17.9 Å². The van der Waals surface area contributed by atoms with Gasteiger partial charge in [0.2, 0.25) is 5.91 Å². The molecule has 6 heteroatoms. The van der Waals surface area contributed by atoms with Crippen LogP contribution < -0.4 is 15.0 Å². The Balaban J connectivity index is 1.14. The Morgan fingerprint density at radius 3 is 2.16 bits per heavy atom. The van der Waals surface area contributed by atoms with Crippen LogP contribution in [0, 0.1) is 5.92 Å². The van der Waals surface area contributed by atoms with E-state index in [4.69, 9.17) is 4.74 Å². The summed E-state index contributed by atoms with van der Waals surface area (Å²) in [4.78, 5) is 24.2. The third kappa shape index (κ3) is 6.20. The van der Waals surface area contributed by atoms with E-state index in [2.05, 4.69) is 68.7 Å². The molecule has 1 N–H and O–H groups in total. The number of anilines is 1. The number of piperidine rings is 1. The number of nitrogens with one attached hydrogen (secondary N) is 1. The summed E-state index contributed by atoms with van der Waals surface area (Å²) in [6.45, 7) is 2.26. The Morgan fingerprint density at radius 1 is 0.921 bits per heavy atom. The Morgan fingerprint density at radius 2 is 1.55 bits per heavy atom. The molecule has 2 heterocycles. The van der Waals surface area contributed by atoms with Gasteiger partial charge in [-0.2, -0.15) is 0 Å². The van der Waals surface area contributed by atoms with Crippen molar-refractivity contribution >= 4 is 11.7 Å². The molecule has 4 aromatic rings. The van der Waals surface area contributed by atoms with E-state index in [1.54, 1.807) is 13.4 Å². The van der Waals surface area contributed by atoms with Crippen LogP contribution in [0.15, 0.2) is 97.3 Å². The van der Waals surface area contributed by atoms with E-state index < -0.39 is 0 Å². The maximum absolute atomic E-state index is 13.0. The Labute approximate surface area is 224 Å². The predicted octanol–water partition coefficient (Wildman–Crippen LogP) is 5.71. The van der Waals surface area contributed by atoms with E-state index in [0.717, 1.165) is 55.2 Å². The summed E-state index contributed by atoms with van der Waals surface area (Å²) in [6, 6.07) is 31.0. The number of aromatic nitrogens is 2. The summed E-state index contributed by atoms with van der Waals surface area (Å²) >= 11 is 0. The lowest BCUT2D eigenvalue weighted by Gasteiger charge is -2.32. The molecule has 0 aliphatic carbocycles. The molecule has 0 radical (unpaired) electrons. The van der Waals surface area contributed by atoms with Gasteiger partial charge < -0.3 is 15.0 Å². The molecule has 1 fully saturated rings. The minimum absolute atomic E-state index is 0.0287. The molecule has 0 bridgehead atoms. The number of ether oxygens (including phenoxy) is 1. The van der Waals surface area contributed by atoms with Crippen molar-refractivity contribution < 1.29 is 9.53 Å². The number of methoxy groups -OCH3 is 1. The van der Waals surface area contributed by atoms with E-state index in [1.807, 2.05) is 42.5 Å². The van der Waals surface area contributed by atoms with Crippen LogP contribution in [0.1, 0.15) is 36.3 Å². The van der Waals surface area contributed by atoms with E-state index in [1.165, 1.54) is 11.1 Å². The fraction of sp³-hybridized carbons (Fsp3) is 0.281. The van der Waals surface area contributed by atoms with Crippen LogP contribution >= 0.6 is 0 Å². The first-order chi connectivity index (χ1) is 18.7. The summed E-state index contributed by atoms with van der Waals surface area (Å²) in [7, 11) is 1.66. The molecule has 1 aliphatic rings. The first-order valence-corrected chi connectivity index (χ1v) is 13.3. The normalized spacial score (nSPS) is 13.9. The summed E-state index contributed by atoms with van der Waals surface area (Å²) in [5.74, 6) is 2.17. The van der Waals surface area contributed by atoms with E-state index in [0.29, 0.717) is 6.54 Å². The number of amides is 1. The molecular formula is C32H34N4O2. The molecule has 38 heavy (non-hydrogen) atoms. The Hall–Kier alpha value is -4.19. The average molecular weight is 507 g/mol. The van der Waals surface area contributed by atoms with Crippen molar-refractivity contribution in [1.29, 1.82) is 0 Å². The van der Waals surface area contributed by atoms with Gasteiger partial charge in [-0.05, 0) is 54.7 Å². The van der Waals surface area contributed by atoms with Crippen molar-refractivity contribution in [2.45, 2.75) is 25.2 Å². The van der Waals surface area contributed by atoms with Crippen LogP contribution in [0.25, 0.3) is 11.3 Å². The first-order valence-electron chi connectivity index (χ1n) is 13.3. The molecule has 194 valence electrons. The molecule has 1 saturated heterocycles. The fourth-order valence-corrected chi connectivity index (χ4v) is 5.19. The molecule has 1 aliphatic heterocycles. The molecule has 1 amide bonds. The van der Waals surface area contributed by atoms with E-state index in [9.17, 15) is 4.79 Å². The number of carbonyl (C=O) groups excluding carboxylic acids is 1. The summed E-state index contributed by atoms with van der Waals surface area (Å²) in [5.41, 5.74) is 4.46. The third-order valence-electron chi connectivity index (χ3n) is 7.36. The highest BCUT2D eigenvalue weighted by Gasteiger charge is 2.26. The molecule has 5 rings (SSSR count). The van der Waals surface area contributed by atoms with Gasteiger partial charge in [0.15, 0.2) is 0 Å². The van der Waals surface area contributed by atoms with Crippen LogP contribution in [0.4, 0.5) is 5.82 Å². The highest BCUT2D eigenvalue weighted by Crippen LogP contribution is 2.28. The third-order valence-corrected chi connectivity index (χ3v) is 7.36. The van der Waals surface area contributed by atoms with Crippen molar-refractivity contribution in [3.05, 3.63) is 108 Å². The number of rotatable bonds is 9. The second-order valence-electron chi connectivity index (χ2n) is 9.70. The van der Waals surface area contributed by atoms with Crippen LogP contribution in [0.2, 0.25) is 0 Å². The summed E-state index contributed by atoms with van der Waals surface area (Å²) in [6.07, 6.45) is 4.11. The fourth-order valence-electron chi connectivity index (χ4n) is 5.19. The molecular weight excluding hydrogens is 472 g/mol. The lowest BCUT2D eigenvalue weighted by Crippen LogP contribution is -2.41. The summed E-state index contributed by atoms with van der Waals surface area (Å²) < 4.78 is 5.26. The van der Waals surface area contributed by atoms with Gasteiger partial charge in [0, 0.05) is 43.1 Å². The van der Waals surface area contributed by atoms with Crippen LogP contribution in [-0.2, 0) is 4.79 Å². The van der Waals surface area contributed by atoms with Gasteiger partial charge in [0.05, 0.1) is 12.8 Å². The first kappa shape index (κ1) is 25.5. The Bertz CT molecular complexity index is 1260. The molecule has 0 saturated carbocycles. The van der Waals surface area contributed by atoms with Crippen LogP contribution in [-0.4, -0.2) is 42.6 Å². The maximum atomic E-state index is 13.0.